The molecule has 1 aromatic heterocycles. The Balaban J connectivity index is 2.54. The van der Waals surface area contributed by atoms with E-state index in [0.717, 1.165) is 16.8 Å². The van der Waals surface area contributed by atoms with Crippen molar-refractivity contribution >= 4 is 11.1 Å². The fourth-order valence-corrected chi connectivity index (χ4v) is 1.25. The first-order valence-corrected chi connectivity index (χ1v) is 4.41. The second kappa shape index (κ2) is 3.31. The number of benzene rings is 1. The van der Waals surface area contributed by atoms with Crippen LogP contribution in [0.2, 0.25) is 0 Å². The molecule has 2 N–H and O–H groups in total. The normalized spacial score (nSPS) is 13.1. The number of fused-ring (bicyclic) bond motifs is 1. The summed E-state index contributed by atoms with van der Waals surface area (Å²) in [4.78, 5) is 4.25. The van der Waals surface area contributed by atoms with Crippen molar-refractivity contribution in [1.82, 2.24) is 4.98 Å². The van der Waals surface area contributed by atoms with Crippen LogP contribution in [0.3, 0.4) is 0 Å². The van der Waals surface area contributed by atoms with Crippen molar-refractivity contribution in [1.29, 1.82) is 0 Å². The average Bonchev–Trinajstić information content (AvgIpc) is 2.59. The van der Waals surface area contributed by atoms with Gasteiger partial charge in [0.15, 0.2) is 5.58 Å². The maximum atomic E-state index is 5.66. The van der Waals surface area contributed by atoms with Gasteiger partial charge in [0, 0.05) is 6.07 Å². The quantitative estimate of drug-likeness (QED) is 0.788. The highest BCUT2D eigenvalue weighted by atomic mass is 16.5. The van der Waals surface area contributed by atoms with Crippen LogP contribution < -0.4 is 10.5 Å². The summed E-state index contributed by atoms with van der Waals surface area (Å²) in [5, 5.41) is 0. The van der Waals surface area contributed by atoms with Gasteiger partial charge >= 0.3 is 0 Å². The van der Waals surface area contributed by atoms with Gasteiger partial charge < -0.3 is 14.9 Å². The molecule has 0 aliphatic rings. The summed E-state index contributed by atoms with van der Waals surface area (Å²) in [6.45, 7) is 1.84. The molecular weight excluding hydrogens is 180 g/mol. The Bertz CT molecular complexity index is 448. The predicted molar refractivity (Wildman–Crippen MR) is 53.2 cm³/mol. The van der Waals surface area contributed by atoms with E-state index in [9.17, 15) is 0 Å². The Hall–Kier alpha value is -1.55. The van der Waals surface area contributed by atoms with Gasteiger partial charge in [0.05, 0.1) is 13.2 Å². The Morgan fingerprint density at radius 2 is 2.29 bits per heavy atom. The minimum Gasteiger partial charge on any atom is -0.497 e. The molecule has 14 heavy (non-hydrogen) atoms. The molecule has 0 spiro atoms. The van der Waals surface area contributed by atoms with E-state index in [0.29, 0.717) is 5.89 Å². The van der Waals surface area contributed by atoms with E-state index in [4.69, 9.17) is 14.9 Å². The average molecular weight is 192 g/mol. The standard InChI is InChI=1S/C10H12N2O2/c1-6(11)10-12-8-5-7(13-2)3-4-9(8)14-10/h3-6H,11H2,1-2H3. The predicted octanol–water partition coefficient (Wildman–Crippen LogP) is 1.86. The van der Waals surface area contributed by atoms with Gasteiger partial charge in [-0.3, -0.25) is 0 Å². The highest BCUT2D eigenvalue weighted by molar-refractivity contribution is 5.74. The molecule has 0 saturated heterocycles. The molecule has 0 aliphatic heterocycles. The molecule has 1 heterocycles. The lowest BCUT2D eigenvalue weighted by Gasteiger charge is -1.95. The number of nitrogens with two attached hydrogens (primary N) is 1. The van der Waals surface area contributed by atoms with Gasteiger partial charge in [-0.25, -0.2) is 4.98 Å². The van der Waals surface area contributed by atoms with Crippen LogP contribution in [0.25, 0.3) is 11.1 Å². The van der Waals surface area contributed by atoms with Crippen LogP contribution in [0.1, 0.15) is 18.9 Å². The third kappa shape index (κ3) is 1.44. The first kappa shape index (κ1) is 9.02. The lowest BCUT2D eigenvalue weighted by atomic mass is 10.3. The van der Waals surface area contributed by atoms with Crippen molar-refractivity contribution < 1.29 is 9.15 Å². The lowest BCUT2D eigenvalue weighted by Crippen LogP contribution is -2.04. The summed E-state index contributed by atoms with van der Waals surface area (Å²) in [5.41, 5.74) is 7.17. The van der Waals surface area contributed by atoms with Crippen LogP contribution in [0, 0.1) is 0 Å². The number of nitrogens with zero attached hydrogens (tertiary/aromatic N) is 1. The summed E-state index contributed by atoms with van der Waals surface area (Å²) in [5.74, 6) is 1.32. The van der Waals surface area contributed by atoms with E-state index in [-0.39, 0.29) is 6.04 Å². The zero-order valence-electron chi connectivity index (χ0n) is 8.15. The summed E-state index contributed by atoms with van der Waals surface area (Å²) in [6.07, 6.45) is 0. The highest BCUT2D eigenvalue weighted by Crippen LogP contribution is 2.22. The van der Waals surface area contributed by atoms with E-state index >= 15 is 0 Å². The van der Waals surface area contributed by atoms with Gasteiger partial charge in [-0.05, 0) is 19.1 Å². The topological polar surface area (TPSA) is 61.3 Å². The van der Waals surface area contributed by atoms with Crippen LogP contribution in [-0.4, -0.2) is 12.1 Å². The Labute approximate surface area is 81.7 Å². The van der Waals surface area contributed by atoms with Gasteiger partial charge in [-0.2, -0.15) is 0 Å². The first-order valence-electron chi connectivity index (χ1n) is 4.41. The number of ether oxygens (including phenoxy) is 1. The molecule has 4 heteroatoms. The Morgan fingerprint density at radius 3 is 2.93 bits per heavy atom. The fourth-order valence-electron chi connectivity index (χ4n) is 1.25. The fraction of sp³-hybridized carbons (Fsp3) is 0.300. The number of oxazole rings is 1. The van der Waals surface area contributed by atoms with E-state index in [1.807, 2.05) is 25.1 Å². The number of methoxy groups -OCH3 is 1. The molecule has 0 aliphatic carbocycles. The third-order valence-corrected chi connectivity index (χ3v) is 2.00. The van der Waals surface area contributed by atoms with E-state index in [2.05, 4.69) is 4.98 Å². The molecule has 2 rings (SSSR count). The molecule has 0 radical (unpaired) electrons. The van der Waals surface area contributed by atoms with Crippen molar-refractivity contribution in [3.63, 3.8) is 0 Å². The molecule has 0 fully saturated rings. The molecule has 1 atom stereocenters. The summed E-state index contributed by atoms with van der Waals surface area (Å²) >= 11 is 0. The molecular formula is C10H12N2O2. The largest absolute Gasteiger partial charge is 0.497 e. The van der Waals surface area contributed by atoms with E-state index < -0.39 is 0 Å². The molecule has 1 unspecified atom stereocenters. The van der Waals surface area contributed by atoms with Crippen molar-refractivity contribution in [2.24, 2.45) is 5.73 Å². The molecule has 0 amide bonds. The van der Waals surface area contributed by atoms with Crippen molar-refractivity contribution in [3.05, 3.63) is 24.1 Å². The van der Waals surface area contributed by atoms with Crippen molar-refractivity contribution in [2.45, 2.75) is 13.0 Å². The number of rotatable bonds is 2. The lowest BCUT2D eigenvalue weighted by molar-refractivity contribution is 0.415. The van der Waals surface area contributed by atoms with Crippen LogP contribution in [0.4, 0.5) is 0 Å². The summed E-state index contributed by atoms with van der Waals surface area (Å²) < 4.78 is 10.5. The highest BCUT2D eigenvalue weighted by Gasteiger charge is 2.09. The molecule has 74 valence electrons. The minimum atomic E-state index is -0.187. The van der Waals surface area contributed by atoms with Crippen LogP contribution >= 0.6 is 0 Å². The minimum absolute atomic E-state index is 0.187. The van der Waals surface area contributed by atoms with Gasteiger partial charge in [0.2, 0.25) is 5.89 Å². The van der Waals surface area contributed by atoms with Gasteiger partial charge in [0.25, 0.3) is 0 Å². The molecule has 2 aromatic rings. The Kier molecular flexibility index (Phi) is 2.13. The SMILES string of the molecule is COc1ccc2oc(C(C)N)nc2c1. The summed E-state index contributed by atoms with van der Waals surface area (Å²) in [7, 11) is 1.62. The van der Waals surface area contributed by atoms with Crippen LogP contribution in [-0.2, 0) is 0 Å². The Morgan fingerprint density at radius 1 is 1.50 bits per heavy atom. The third-order valence-electron chi connectivity index (χ3n) is 2.00. The van der Waals surface area contributed by atoms with Crippen molar-refractivity contribution in [2.75, 3.05) is 7.11 Å². The maximum absolute atomic E-state index is 5.66. The van der Waals surface area contributed by atoms with E-state index in [1.54, 1.807) is 7.11 Å². The van der Waals surface area contributed by atoms with Crippen LogP contribution in [0.5, 0.6) is 5.75 Å². The molecule has 0 saturated carbocycles. The second-order valence-electron chi connectivity index (χ2n) is 3.17. The maximum Gasteiger partial charge on any atom is 0.212 e. The zero-order valence-corrected chi connectivity index (χ0v) is 8.15. The molecule has 0 bridgehead atoms. The van der Waals surface area contributed by atoms with E-state index in [1.165, 1.54) is 0 Å². The van der Waals surface area contributed by atoms with Crippen LogP contribution in [0.15, 0.2) is 22.6 Å². The second-order valence-corrected chi connectivity index (χ2v) is 3.17. The number of aromatic nitrogens is 1. The van der Waals surface area contributed by atoms with Gasteiger partial charge in [0.1, 0.15) is 11.3 Å². The van der Waals surface area contributed by atoms with Gasteiger partial charge in [-0.1, -0.05) is 0 Å². The van der Waals surface area contributed by atoms with Gasteiger partial charge in [-0.15, -0.1) is 0 Å². The smallest absolute Gasteiger partial charge is 0.212 e. The molecule has 1 aromatic carbocycles. The monoisotopic (exact) mass is 192 g/mol. The molecule has 4 nitrogen and oxygen atoms in total. The van der Waals surface area contributed by atoms with Crippen molar-refractivity contribution in [3.8, 4) is 5.75 Å². The summed E-state index contributed by atoms with van der Waals surface area (Å²) in [6, 6.07) is 5.30. The number of hydrogen-bond acceptors (Lipinski definition) is 4. The first-order chi connectivity index (χ1) is 6.70. The number of hydrogen-bond donors (Lipinski definition) is 1. The zero-order chi connectivity index (χ0) is 10.1.